The van der Waals surface area contributed by atoms with Crippen LogP contribution in [0.2, 0.25) is 0 Å². The number of carbonyl (C=O) groups excluding carboxylic acids is 12. The summed E-state index contributed by atoms with van der Waals surface area (Å²) in [7, 11) is 0. The molecule has 2 aliphatic rings. The number of benzene rings is 1. The summed E-state index contributed by atoms with van der Waals surface area (Å²) in [5, 5.41) is 20.1. The number of aromatic hydroxyl groups is 1. The fourth-order valence-electron chi connectivity index (χ4n) is 8.97. The summed E-state index contributed by atoms with van der Waals surface area (Å²) in [6.07, 6.45) is -2.17. The van der Waals surface area contributed by atoms with Gasteiger partial charge in [-0.3, -0.25) is 57.5 Å². The van der Waals surface area contributed by atoms with Crippen molar-refractivity contribution in [1.29, 1.82) is 0 Å². The average Bonchev–Trinajstić information content (AvgIpc) is 3.75. The van der Waals surface area contributed by atoms with Crippen LogP contribution in [0.25, 0.3) is 0 Å². The lowest BCUT2D eigenvalue weighted by atomic mass is 9.86. The number of ketones is 4. The van der Waals surface area contributed by atoms with Crippen molar-refractivity contribution >= 4 is 70.4 Å². The molecule has 0 saturated carbocycles. The topological polar surface area (TPSA) is 354 Å². The predicted octanol–water partition coefficient (Wildman–Crippen LogP) is 0.332. The van der Waals surface area contributed by atoms with E-state index in [4.69, 9.17) is 17.2 Å². The molecule has 2 aliphatic heterocycles. The zero-order chi connectivity index (χ0) is 52.2. The minimum Gasteiger partial charge on any atom is -0.508 e. The van der Waals surface area contributed by atoms with Gasteiger partial charge in [-0.1, -0.05) is 46.2 Å². The zero-order valence-electron chi connectivity index (χ0n) is 40.8. The van der Waals surface area contributed by atoms with E-state index in [1.807, 2.05) is 13.8 Å². The van der Waals surface area contributed by atoms with Gasteiger partial charge >= 0.3 is 0 Å². The number of carbonyl (C=O) groups is 12. The third-order valence-corrected chi connectivity index (χ3v) is 12.9. The Morgan fingerprint density at radius 3 is 2.10 bits per heavy atom. The first-order chi connectivity index (χ1) is 33.0. The Morgan fingerprint density at radius 1 is 0.814 bits per heavy atom. The molecule has 0 unspecified atom stereocenters. The Hall–Kier alpha value is -6.54. The molecule has 8 amide bonds. The first-order valence-electron chi connectivity index (χ1n) is 24.1. The molecule has 0 spiro atoms. The highest BCUT2D eigenvalue weighted by atomic mass is 16.3. The molecule has 0 aliphatic carbocycles. The first-order valence-corrected chi connectivity index (χ1v) is 24.1. The highest BCUT2D eigenvalue weighted by Crippen LogP contribution is 2.29. The number of amides is 8. The van der Waals surface area contributed by atoms with Crippen LogP contribution in [0.3, 0.4) is 0 Å². The molecule has 70 heavy (non-hydrogen) atoms. The molecule has 11 N–H and O–H groups in total. The molecular weight excluding hydrogens is 909 g/mol. The van der Waals surface area contributed by atoms with Crippen molar-refractivity contribution in [3.63, 3.8) is 0 Å². The number of phenols is 1. The SMILES string of the molecule is CC[C@H](C)[C@@H]1NC(=O)[C@H](Cc2ccc(O)cc2)CC(=O)CNC(=O)CC[C@@H](C(=O)N2CCC[C@H]2CC(=O)C[C@@H](CC(C)C)C(=O)NCC(N)=O)CC(=O)[C@H](CC(N)=O)NC(=O)[C@H](CCC(N)=O)CC1=O. The van der Waals surface area contributed by atoms with Crippen molar-refractivity contribution < 1.29 is 62.6 Å². The standard InChI is InChI=1S/C49H72N8O13/c1-5-28(4)45-40(62)21-30(10-14-41(50)63)47(68)55-38(24-42(51)64)39(61)22-31(11-15-44(66)53-25-37(60)20-33(48(69)56-45)18-29-8-12-35(58)13-9-29)49(70)57-16-6-7-34(57)23-36(59)19-32(17-27(2)3)46(67)54-26-43(52)65/h8-9,12-13,27-28,30-34,38,45,58H,5-7,10-11,14-26H2,1-4H3,(H2,50,63)(H2,51,64)(H2,52,65)(H,53,66)(H,54,67)(H,55,68)(H,56,69)/t28-,30+,31+,32+,33+,34-,38-,45-/m0/s1. The monoisotopic (exact) mass is 981 g/mol. The minimum absolute atomic E-state index is 0.00381. The van der Waals surface area contributed by atoms with Crippen molar-refractivity contribution in [2.75, 3.05) is 19.6 Å². The largest absolute Gasteiger partial charge is 0.508 e. The third-order valence-electron chi connectivity index (χ3n) is 12.9. The Morgan fingerprint density at radius 2 is 1.49 bits per heavy atom. The second-order valence-electron chi connectivity index (χ2n) is 19.3. The van der Waals surface area contributed by atoms with Crippen LogP contribution in [0, 0.1) is 35.5 Å². The highest BCUT2D eigenvalue weighted by molar-refractivity contribution is 5.98. The second kappa shape index (κ2) is 28.2. The van der Waals surface area contributed by atoms with Gasteiger partial charge < -0.3 is 48.5 Å². The molecule has 386 valence electrons. The normalized spacial score (nSPS) is 23.4. The van der Waals surface area contributed by atoms with Gasteiger partial charge in [-0.25, -0.2) is 0 Å². The fraction of sp³-hybridized carbons (Fsp3) is 0.633. The van der Waals surface area contributed by atoms with Crippen LogP contribution < -0.4 is 38.5 Å². The van der Waals surface area contributed by atoms with Crippen molar-refractivity contribution in [3.8, 4) is 5.75 Å². The second-order valence-corrected chi connectivity index (χ2v) is 19.3. The van der Waals surface area contributed by atoms with Gasteiger partial charge in [0.1, 0.15) is 11.5 Å². The number of likely N-dealkylation sites (tertiary alicyclic amines) is 1. The maximum absolute atomic E-state index is 14.5. The number of nitrogens with one attached hydrogen (secondary N) is 4. The van der Waals surface area contributed by atoms with E-state index in [0.29, 0.717) is 31.2 Å². The average molecular weight is 981 g/mol. The van der Waals surface area contributed by atoms with Crippen molar-refractivity contribution in [2.45, 2.75) is 142 Å². The fourth-order valence-corrected chi connectivity index (χ4v) is 8.97. The number of nitrogens with zero attached hydrogens (tertiary/aromatic N) is 1. The molecule has 1 aromatic rings. The van der Waals surface area contributed by atoms with Crippen LogP contribution in [0.5, 0.6) is 5.75 Å². The quantitative estimate of drug-likeness (QED) is 0.0928. The molecule has 0 radical (unpaired) electrons. The number of rotatable bonds is 19. The molecule has 3 rings (SSSR count). The molecule has 0 aromatic heterocycles. The molecular formula is C49H72N8O13. The minimum atomic E-state index is -1.62. The molecule has 21 nitrogen and oxygen atoms in total. The van der Waals surface area contributed by atoms with Crippen molar-refractivity contribution in [3.05, 3.63) is 29.8 Å². The smallest absolute Gasteiger partial charge is 0.236 e. The van der Waals surface area contributed by atoms with E-state index in [1.54, 1.807) is 26.0 Å². The lowest BCUT2D eigenvalue weighted by Gasteiger charge is -2.30. The van der Waals surface area contributed by atoms with Crippen LogP contribution in [0.1, 0.15) is 123 Å². The van der Waals surface area contributed by atoms with E-state index in [-0.39, 0.29) is 75.4 Å². The number of hydrogen-bond acceptors (Lipinski definition) is 13. The van der Waals surface area contributed by atoms with Crippen molar-refractivity contribution in [1.82, 2.24) is 26.2 Å². The van der Waals surface area contributed by atoms with E-state index in [0.717, 1.165) is 0 Å². The zero-order valence-corrected chi connectivity index (χ0v) is 40.8. The van der Waals surface area contributed by atoms with Gasteiger partial charge in [0.15, 0.2) is 17.3 Å². The highest BCUT2D eigenvalue weighted by Gasteiger charge is 2.39. The van der Waals surface area contributed by atoms with Gasteiger partial charge in [0.05, 0.1) is 31.6 Å². The van der Waals surface area contributed by atoms with Gasteiger partial charge in [-0.05, 0) is 68.1 Å². The molecule has 8 atom stereocenters. The number of nitrogens with two attached hydrogens (primary N) is 3. The molecule has 2 fully saturated rings. The molecule has 2 saturated heterocycles. The summed E-state index contributed by atoms with van der Waals surface area (Å²) < 4.78 is 0. The van der Waals surface area contributed by atoms with Gasteiger partial charge in [-0.15, -0.1) is 0 Å². The van der Waals surface area contributed by atoms with E-state index < -0.39 is 145 Å². The molecule has 2 heterocycles. The summed E-state index contributed by atoms with van der Waals surface area (Å²) in [6, 6.07) is 2.52. The molecule has 21 heteroatoms. The maximum Gasteiger partial charge on any atom is 0.236 e. The van der Waals surface area contributed by atoms with Gasteiger partial charge in [0.2, 0.25) is 47.3 Å². The molecule has 0 bridgehead atoms. The van der Waals surface area contributed by atoms with Gasteiger partial charge in [-0.2, -0.15) is 0 Å². The Balaban J connectivity index is 2.02. The maximum atomic E-state index is 14.5. The summed E-state index contributed by atoms with van der Waals surface area (Å²) >= 11 is 0. The van der Waals surface area contributed by atoms with Crippen LogP contribution in [-0.2, 0) is 64.0 Å². The van der Waals surface area contributed by atoms with E-state index in [1.165, 1.54) is 17.0 Å². The predicted molar refractivity (Wildman–Crippen MR) is 253 cm³/mol. The lowest BCUT2D eigenvalue weighted by molar-refractivity contribution is -0.141. The van der Waals surface area contributed by atoms with Crippen LogP contribution in [-0.4, -0.2) is 118 Å². The summed E-state index contributed by atoms with van der Waals surface area (Å²) in [4.78, 5) is 162. The number of primary amides is 3. The summed E-state index contributed by atoms with van der Waals surface area (Å²) in [6.45, 7) is 6.51. The van der Waals surface area contributed by atoms with Crippen LogP contribution >= 0.6 is 0 Å². The first kappa shape index (κ1) is 57.8. The molecule has 1 aromatic carbocycles. The Labute approximate surface area is 408 Å². The van der Waals surface area contributed by atoms with Crippen molar-refractivity contribution in [2.24, 2.45) is 52.7 Å². The summed E-state index contributed by atoms with van der Waals surface area (Å²) in [5.41, 5.74) is 16.8. The van der Waals surface area contributed by atoms with E-state index >= 15 is 0 Å². The van der Waals surface area contributed by atoms with Gasteiger partial charge in [0, 0.05) is 81.2 Å². The van der Waals surface area contributed by atoms with Crippen LogP contribution in [0.4, 0.5) is 0 Å². The number of Topliss-reactive ketones (excluding diaryl/α,β-unsaturated/α-hetero) is 4. The van der Waals surface area contributed by atoms with E-state index in [2.05, 4.69) is 21.3 Å². The Kier molecular flexibility index (Phi) is 23.3. The van der Waals surface area contributed by atoms with E-state index in [9.17, 15) is 62.6 Å². The van der Waals surface area contributed by atoms with Crippen LogP contribution in [0.15, 0.2) is 24.3 Å². The third kappa shape index (κ3) is 19.5. The Bertz CT molecular complexity index is 2090. The lowest BCUT2D eigenvalue weighted by Crippen LogP contribution is -2.50. The summed E-state index contributed by atoms with van der Waals surface area (Å²) in [5.74, 6) is -13.1. The number of phenolic OH excluding ortho intramolecular Hbond substituents is 1. The number of hydrogen-bond donors (Lipinski definition) is 8. The van der Waals surface area contributed by atoms with Gasteiger partial charge in [0.25, 0.3) is 0 Å².